The first-order valence-electron chi connectivity index (χ1n) is 6.85. The van der Waals surface area contributed by atoms with E-state index in [-0.39, 0.29) is 5.56 Å². The van der Waals surface area contributed by atoms with Gasteiger partial charge in [0.15, 0.2) is 0 Å². The van der Waals surface area contributed by atoms with Crippen molar-refractivity contribution in [1.82, 2.24) is 5.32 Å². The summed E-state index contributed by atoms with van der Waals surface area (Å²) in [6.07, 6.45) is 4.43. The van der Waals surface area contributed by atoms with Crippen LogP contribution in [0.15, 0.2) is 24.3 Å². The van der Waals surface area contributed by atoms with Gasteiger partial charge in [-0.3, -0.25) is 4.79 Å². The highest BCUT2D eigenvalue weighted by atomic mass is 19.1. The van der Waals surface area contributed by atoms with Crippen molar-refractivity contribution in [2.45, 2.75) is 44.1 Å². The highest BCUT2D eigenvalue weighted by Crippen LogP contribution is 2.28. The van der Waals surface area contributed by atoms with Crippen molar-refractivity contribution in [2.75, 3.05) is 0 Å². The first-order chi connectivity index (χ1) is 9.53. The number of hydrogen-bond donors (Lipinski definition) is 2. The maximum atomic E-state index is 12.8. The molecule has 0 unspecified atom stereocenters. The van der Waals surface area contributed by atoms with Gasteiger partial charge >= 0.3 is 5.97 Å². The summed E-state index contributed by atoms with van der Waals surface area (Å²) in [5.41, 5.74) is -0.918. The Kier molecular flexibility index (Phi) is 4.37. The second kappa shape index (κ2) is 6.03. The highest BCUT2D eigenvalue weighted by molar-refractivity contribution is 5.97. The highest BCUT2D eigenvalue weighted by Gasteiger charge is 2.40. The molecule has 1 saturated carbocycles. The third-order valence-electron chi connectivity index (χ3n) is 3.83. The number of halogens is 1. The van der Waals surface area contributed by atoms with Gasteiger partial charge in [0.05, 0.1) is 0 Å². The first kappa shape index (κ1) is 14.5. The smallest absolute Gasteiger partial charge is 0.329 e. The van der Waals surface area contributed by atoms with E-state index in [4.69, 9.17) is 0 Å². The fraction of sp³-hybridized carbons (Fsp3) is 0.467. The molecule has 0 aromatic heterocycles. The van der Waals surface area contributed by atoms with Gasteiger partial charge in [0, 0.05) is 5.56 Å². The molecule has 0 spiro atoms. The largest absolute Gasteiger partial charge is 0.480 e. The third kappa shape index (κ3) is 3.15. The lowest BCUT2D eigenvalue weighted by Crippen LogP contribution is -2.54. The van der Waals surface area contributed by atoms with E-state index in [0.717, 1.165) is 25.7 Å². The van der Waals surface area contributed by atoms with Gasteiger partial charge in [-0.05, 0) is 37.1 Å². The molecule has 4 nitrogen and oxygen atoms in total. The minimum absolute atomic E-state index is 0.274. The molecular formula is C15H18FNO3. The molecule has 1 aromatic rings. The van der Waals surface area contributed by atoms with Crippen molar-refractivity contribution in [3.05, 3.63) is 35.6 Å². The Hall–Kier alpha value is -1.91. The van der Waals surface area contributed by atoms with Crippen molar-refractivity contribution in [3.63, 3.8) is 0 Å². The van der Waals surface area contributed by atoms with Crippen molar-refractivity contribution in [2.24, 2.45) is 0 Å². The van der Waals surface area contributed by atoms with Crippen LogP contribution in [0.25, 0.3) is 0 Å². The molecule has 2 N–H and O–H groups in total. The van der Waals surface area contributed by atoms with Crippen LogP contribution in [-0.2, 0) is 4.79 Å². The summed E-state index contributed by atoms with van der Waals surface area (Å²) in [4.78, 5) is 23.7. The Balaban J connectivity index is 2.17. The summed E-state index contributed by atoms with van der Waals surface area (Å²) < 4.78 is 12.8. The molecule has 108 valence electrons. The Labute approximate surface area is 117 Å². The third-order valence-corrected chi connectivity index (χ3v) is 3.83. The summed E-state index contributed by atoms with van der Waals surface area (Å²) in [5.74, 6) is -1.88. The van der Waals surface area contributed by atoms with Crippen LogP contribution < -0.4 is 5.32 Å². The number of nitrogens with one attached hydrogen (secondary N) is 1. The SMILES string of the molecule is O=C(NC1(C(=O)O)CCCCCC1)c1ccc(F)cc1. The Morgan fingerprint density at radius 3 is 2.10 bits per heavy atom. The number of carbonyl (C=O) groups is 2. The van der Waals surface area contributed by atoms with Crippen LogP contribution in [0.3, 0.4) is 0 Å². The lowest BCUT2D eigenvalue weighted by atomic mass is 9.90. The first-order valence-corrected chi connectivity index (χ1v) is 6.85. The zero-order valence-corrected chi connectivity index (χ0v) is 11.2. The van der Waals surface area contributed by atoms with Gasteiger partial charge < -0.3 is 10.4 Å². The number of rotatable bonds is 3. The molecule has 1 amide bonds. The maximum Gasteiger partial charge on any atom is 0.329 e. The van der Waals surface area contributed by atoms with Crippen LogP contribution in [0.4, 0.5) is 4.39 Å². The summed E-state index contributed by atoms with van der Waals surface area (Å²) in [5, 5.41) is 12.1. The van der Waals surface area contributed by atoms with Gasteiger partial charge in [-0.15, -0.1) is 0 Å². The van der Waals surface area contributed by atoms with E-state index in [0.29, 0.717) is 12.8 Å². The fourth-order valence-corrected chi connectivity index (χ4v) is 2.62. The van der Waals surface area contributed by atoms with Gasteiger partial charge in [-0.2, -0.15) is 0 Å². The van der Waals surface area contributed by atoms with E-state index in [1.54, 1.807) is 0 Å². The Morgan fingerprint density at radius 1 is 1.05 bits per heavy atom. The summed E-state index contributed by atoms with van der Waals surface area (Å²) in [7, 11) is 0. The van der Waals surface area contributed by atoms with Crippen LogP contribution in [0.2, 0.25) is 0 Å². The Morgan fingerprint density at radius 2 is 1.60 bits per heavy atom. The normalized spacial score (nSPS) is 18.1. The van der Waals surface area contributed by atoms with Crippen LogP contribution in [-0.4, -0.2) is 22.5 Å². The summed E-state index contributed by atoms with van der Waals surface area (Å²) in [6, 6.07) is 5.10. The molecule has 0 radical (unpaired) electrons. The van der Waals surface area contributed by atoms with E-state index in [1.807, 2.05) is 0 Å². The zero-order chi connectivity index (χ0) is 14.6. The predicted molar refractivity (Wildman–Crippen MR) is 71.9 cm³/mol. The summed E-state index contributed by atoms with van der Waals surface area (Å²) in [6.45, 7) is 0. The van der Waals surface area contributed by atoms with Crippen molar-refractivity contribution in [1.29, 1.82) is 0 Å². The average molecular weight is 279 g/mol. The number of carbonyl (C=O) groups excluding carboxylic acids is 1. The van der Waals surface area contributed by atoms with Crippen LogP contribution >= 0.6 is 0 Å². The van der Waals surface area contributed by atoms with Crippen LogP contribution in [0, 0.1) is 5.82 Å². The predicted octanol–water partition coefficient (Wildman–Crippen LogP) is 2.73. The fourth-order valence-electron chi connectivity index (χ4n) is 2.62. The number of carboxylic acid groups (broad SMARTS) is 1. The monoisotopic (exact) mass is 279 g/mol. The van der Waals surface area contributed by atoms with Gasteiger partial charge in [-0.25, -0.2) is 9.18 Å². The molecular weight excluding hydrogens is 261 g/mol. The molecule has 2 rings (SSSR count). The maximum absolute atomic E-state index is 12.8. The molecule has 0 saturated heterocycles. The van der Waals surface area contributed by atoms with E-state index < -0.39 is 23.2 Å². The Bertz CT molecular complexity index is 490. The van der Waals surface area contributed by atoms with E-state index in [1.165, 1.54) is 24.3 Å². The van der Waals surface area contributed by atoms with Gasteiger partial charge in [0.25, 0.3) is 5.91 Å². The second-order valence-electron chi connectivity index (χ2n) is 5.26. The van der Waals surface area contributed by atoms with Crippen molar-refractivity contribution >= 4 is 11.9 Å². The van der Waals surface area contributed by atoms with Gasteiger partial charge in [0.1, 0.15) is 11.4 Å². The molecule has 1 fully saturated rings. The minimum atomic E-state index is -1.19. The van der Waals surface area contributed by atoms with Gasteiger partial charge in [-0.1, -0.05) is 25.7 Å². The summed E-state index contributed by atoms with van der Waals surface area (Å²) >= 11 is 0. The number of carboxylic acids is 1. The minimum Gasteiger partial charge on any atom is -0.480 e. The lowest BCUT2D eigenvalue weighted by Gasteiger charge is -2.29. The number of aliphatic carboxylic acids is 1. The van der Waals surface area contributed by atoms with Crippen LogP contribution in [0.1, 0.15) is 48.9 Å². The molecule has 0 heterocycles. The van der Waals surface area contributed by atoms with E-state index in [9.17, 15) is 19.1 Å². The molecule has 0 atom stereocenters. The van der Waals surface area contributed by atoms with Gasteiger partial charge in [0.2, 0.25) is 0 Å². The zero-order valence-electron chi connectivity index (χ0n) is 11.2. The lowest BCUT2D eigenvalue weighted by molar-refractivity contribution is -0.145. The van der Waals surface area contributed by atoms with E-state index >= 15 is 0 Å². The number of benzene rings is 1. The molecule has 20 heavy (non-hydrogen) atoms. The molecule has 0 bridgehead atoms. The molecule has 1 aromatic carbocycles. The van der Waals surface area contributed by atoms with Crippen molar-refractivity contribution in [3.8, 4) is 0 Å². The second-order valence-corrected chi connectivity index (χ2v) is 5.26. The molecule has 1 aliphatic rings. The molecule has 1 aliphatic carbocycles. The molecule has 0 aliphatic heterocycles. The molecule has 5 heteroatoms. The van der Waals surface area contributed by atoms with E-state index in [2.05, 4.69) is 5.32 Å². The average Bonchev–Trinajstić information content (AvgIpc) is 2.66. The number of hydrogen-bond acceptors (Lipinski definition) is 2. The standard InChI is InChI=1S/C15H18FNO3/c16-12-7-5-11(6-8-12)13(18)17-15(14(19)20)9-3-1-2-4-10-15/h5-8H,1-4,9-10H2,(H,17,18)(H,19,20). The van der Waals surface area contributed by atoms with Crippen LogP contribution in [0.5, 0.6) is 0 Å². The number of amides is 1. The quantitative estimate of drug-likeness (QED) is 0.836. The topological polar surface area (TPSA) is 66.4 Å². The van der Waals surface area contributed by atoms with Crippen molar-refractivity contribution < 1.29 is 19.1 Å².